The van der Waals surface area contributed by atoms with E-state index in [0.29, 0.717) is 0 Å². The molecular weight excluding hydrogens is 122 g/mol. The molecule has 0 unspecified atom stereocenters. The second-order valence-corrected chi connectivity index (χ2v) is 1.92. The van der Waals surface area contributed by atoms with Crippen LogP contribution in [0.4, 0.5) is 0 Å². The van der Waals surface area contributed by atoms with Crippen molar-refractivity contribution in [1.29, 1.82) is 0 Å². The molecule has 0 spiro atoms. The summed E-state index contributed by atoms with van der Waals surface area (Å²) >= 11 is 0. The first-order chi connectivity index (χ1) is 4.85. The molecule has 0 fully saturated rings. The van der Waals surface area contributed by atoms with Gasteiger partial charge in [0.1, 0.15) is 0 Å². The minimum Gasteiger partial charge on any atom is -0.288 e. The monoisotopic (exact) mass is 136 g/mol. The zero-order chi connectivity index (χ0) is 7.82. The summed E-state index contributed by atoms with van der Waals surface area (Å²) in [7, 11) is 0. The van der Waals surface area contributed by atoms with Crippen molar-refractivity contribution in [3.63, 3.8) is 0 Å². The summed E-state index contributed by atoms with van der Waals surface area (Å²) < 4.78 is 0. The van der Waals surface area contributed by atoms with Crippen molar-refractivity contribution in [3.05, 3.63) is 44.5 Å². The highest BCUT2D eigenvalue weighted by molar-refractivity contribution is 4.92. The fraction of sp³-hybridized carbons (Fsp3) is 0.222. The lowest BCUT2D eigenvalue weighted by Gasteiger charge is -2.14. The molecule has 0 aliphatic heterocycles. The topological polar surface area (TPSA) is 3.24 Å². The van der Waals surface area contributed by atoms with Crippen LogP contribution in [0.2, 0.25) is 0 Å². The van der Waals surface area contributed by atoms with Crippen molar-refractivity contribution in [2.75, 3.05) is 13.1 Å². The highest BCUT2D eigenvalue weighted by Gasteiger charge is 1.94. The average Bonchev–Trinajstić information content (AvgIpc) is 1.90. The lowest BCUT2D eigenvalue weighted by atomic mass is 10.4. The molecule has 0 amide bonds. The fourth-order valence-corrected chi connectivity index (χ4v) is 0.677. The van der Waals surface area contributed by atoms with E-state index < -0.39 is 0 Å². The largest absolute Gasteiger partial charge is 0.288 e. The smallest absolute Gasteiger partial charge is 0.0474 e. The van der Waals surface area contributed by atoms with Crippen molar-refractivity contribution in [2.24, 2.45) is 0 Å². The first-order valence-corrected chi connectivity index (χ1v) is 3.27. The Hall–Kier alpha value is -0.820. The minimum absolute atomic E-state index is 0.845. The molecule has 0 aromatic carbocycles. The van der Waals surface area contributed by atoms with Crippen LogP contribution >= 0.6 is 0 Å². The Bertz CT molecular complexity index is 92.1. The lowest BCUT2D eigenvalue weighted by Crippen LogP contribution is -2.19. The van der Waals surface area contributed by atoms with Crippen LogP contribution in [-0.4, -0.2) is 18.0 Å². The zero-order valence-corrected chi connectivity index (χ0v) is 6.29. The molecule has 1 nitrogen and oxygen atoms in total. The van der Waals surface area contributed by atoms with E-state index in [4.69, 9.17) is 0 Å². The molecule has 0 saturated carbocycles. The maximum Gasteiger partial charge on any atom is 0.0474 e. The number of nitrogens with zero attached hydrogens (tertiary/aromatic N) is 1. The summed E-state index contributed by atoms with van der Waals surface area (Å²) in [5.41, 5.74) is 0. The molecule has 0 aromatic heterocycles. The van der Waals surface area contributed by atoms with E-state index in [1.165, 1.54) is 0 Å². The van der Waals surface area contributed by atoms with E-state index in [2.05, 4.69) is 24.6 Å². The first kappa shape index (κ1) is 9.18. The molecule has 0 heterocycles. The van der Waals surface area contributed by atoms with Crippen LogP contribution in [0, 0.1) is 6.54 Å². The van der Waals surface area contributed by atoms with Gasteiger partial charge in [0.2, 0.25) is 0 Å². The predicted octanol–water partition coefficient (Wildman–Crippen LogP) is 2.01. The van der Waals surface area contributed by atoms with Crippen LogP contribution in [0.1, 0.15) is 0 Å². The Labute approximate surface area is 63.3 Å². The quantitative estimate of drug-likeness (QED) is 0.505. The van der Waals surface area contributed by atoms with Gasteiger partial charge in [0, 0.05) is 19.6 Å². The molecule has 0 aliphatic carbocycles. The molecule has 0 aromatic rings. The van der Waals surface area contributed by atoms with Gasteiger partial charge < -0.3 is 0 Å². The van der Waals surface area contributed by atoms with E-state index in [1.807, 2.05) is 18.7 Å². The van der Waals surface area contributed by atoms with Crippen molar-refractivity contribution in [3.8, 4) is 0 Å². The van der Waals surface area contributed by atoms with Gasteiger partial charge in [-0.1, -0.05) is 18.2 Å². The van der Waals surface area contributed by atoms with Crippen LogP contribution in [0.5, 0.6) is 0 Å². The van der Waals surface area contributed by atoms with Gasteiger partial charge in [-0.05, 0) is 0 Å². The summed E-state index contributed by atoms with van der Waals surface area (Å²) in [5.74, 6) is 0. The minimum atomic E-state index is 0.845. The van der Waals surface area contributed by atoms with Crippen LogP contribution in [0.15, 0.2) is 38.0 Å². The summed E-state index contributed by atoms with van der Waals surface area (Å²) in [4.78, 5) is 2.06. The van der Waals surface area contributed by atoms with Crippen molar-refractivity contribution in [1.82, 2.24) is 4.90 Å². The Morgan fingerprint density at radius 1 is 1.00 bits per heavy atom. The predicted molar refractivity (Wildman–Crippen MR) is 46.5 cm³/mol. The molecular formula is C9H14N. The normalized spacial score (nSPS) is 9.30. The zero-order valence-electron chi connectivity index (χ0n) is 6.29. The molecule has 55 valence electrons. The van der Waals surface area contributed by atoms with Gasteiger partial charge in [-0.25, -0.2) is 0 Å². The van der Waals surface area contributed by atoms with Gasteiger partial charge in [0.15, 0.2) is 0 Å². The van der Waals surface area contributed by atoms with E-state index >= 15 is 0 Å². The molecule has 0 saturated heterocycles. The Balaban J connectivity index is 3.58. The summed E-state index contributed by atoms with van der Waals surface area (Å²) in [6, 6.07) is 0. The Morgan fingerprint density at radius 3 is 1.80 bits per heavy atom. The summed E-state index contributed by atoms with van der Waals surface area (Å²) in [6.45, 7) is 14.5. The summed E-state index contributed by atoms with van der Waals surface area (Å²) in [6.07, 6.45) is 5.46. The van der Waals surface area contributed by atoms with Gasteiger partial charge in [-0.15, -0.1) is 19.7 Å². The Kier molecular flexibility index (Phi) is 5.79. The molecule has 10 heavy (non-hydrogen) atoms. The maximum absolute atomic E-state index is 3.63. The van der Waals surface area contributed by atoms with Gasteiger partial charge >= 0.3 is 0 Å². The van der Waals surface area contributed by atoms with Gasteiger partial charge in [-0.3, -0.25) is 4.90 Å². The number of hydrogen-bond donors (Lipinski definition) is 0. The van der Waals surface area contributed by atoms with Crippen molar-refractivity contribution in [2.45, 2.75) is 0 Å². The maximum atomic E-state index is 3.63. The lowest BCUT2D eigenvalue weighted by molar-refractivity contribution is 0.428. The molecule has 0 atom stereocenters. The third-order valence-corrected chi connectivity index (χ3v) is 1.04. The van der Waals surface area contributed by atoms with Gasteiger partial charge in [0.25, 0.3) is 0 Å². The Morgan fingerprint density at radius 2 is 1.50 bits per heavy atom. The molecule has 0 aliphatic rings. The molecule has 0 bridgehead atoms. The van der Waals surface area contributed by atoms with Crippen LogP contribution in [-0.2, 0) is 0 Å². The number of rotatable bonds is 6. The van der Waals surface area contributed by atoms with Gasteiger partial charge in [-0.2, -0.15) is 0 Å². The van der Waals surface area contributed by atoms with Crippen molar-refractivity contribution >= 4 is 0 Å². The third-order valence-electron chi connectivity index (χ3n) is 1.04. The third kappa shape index (κ3) is 4.10. The molecule has 1 heteroatoms. The first-order valence-electron chi connectivity index (χ1n) is 3.27. The highest BCUT2D eigenvalue weighted by Crippen LogP contribution is 1.93. The van der Waals surface area contributed by atoms with E-state index in [-0.39, 0.29) is 0 Å². The second-order valence-electron chi connectivity index (χ2n) is 1.92. The standard InChI is InChI=1S/C9H14N/c1-4-7-10(8-5-2)9-6-3/h4-7H,1-3,8-9H2. The van der Waals surface area contributed by atoms with E-state index in [9.17, 15) is 0 Å². The number of hydrogen-bond acceptors (Lipinski definition) is 1. The summed E-state index contributed by atoms with van der Waals surface area (Å²) in [5, 5.41) is 0. The van der Waals surface area contributed by atoms with Gasteiger partial charge in [0.05, 0.1) is 0 Å². The molecule has 0 N–H and O–H groups in total. The van der Waals surface area contributed by atoms with E-state index in [1.54, 1.807) is 6.08 Å². The van der Waals surface area contributed by atoms with Crippen LogP contribution in [0.25, 0.3) is 0 Å². The van der Waals surface area contributed by atoms with Crippen LogP contribution < -0.4 is 0 Å². The average molecular weight is 136 g/mol. The molecule has 1 radical (unpaired) electrons. The fourth-order valence-electron chi connectivity index (χ4n) is 0.677. The van der Waals surface area contributed by atoms with Crippen LogP contribution in [0.3, 0.4) is 0 Å². The van der Waals surface area contributed by atoms with Crippen molar-refractivity contribution < 1.29 is 0 Å². The molecule has 0 rings (SSSR count). The second kappa shape index (κ2) is 6.30. The van der Waals surface area contributed by atoms with E-state index in [0.717, 1.165) is 13.1 Å². The highest BCUT2D eigenvalue weighted by atomic mass is 15.1. The SMILES string of the molecule is C=C[CH]N(CC=C)CC=C.